The van der Waals surface area contributed by atoms with Crippen molar-refractivity contribution < 1.29 is 18.9 Å². The third-order valence-corrected chi connectivity index (χ3v) is 7.16. The smallest absolute Gasteiger partial charge is 0.304 e. The SMILES string of the molecule is CCOC(OCC)(OC1CC(C)CCC1C(C)C)OC1CC(C)CCC1C(C)C. The van der Waals surface area contributed by atoms with Crippen molar-refractivity contribution in [3.8, 4) is 0 Å². The highest BCUT2D eigenvalue weighted by molar-refractivity contribution is 4.84. The molecule has 0 bridgehead atoms. The number of ether oxygens (including phenoxy) is 4. The van der Waals surface area contributed by atoms with Crippen LogP contribution in [0.2, 0.25) is 0 Å². The lowest BCUT2D eigenvalue weighted by atomic mass is 9.75. The summed E-state index contributed by atoms with van der Waals surface area (Å²) in [6.45, 7) is 18.9. The Bertz CT molecular complexity index is 422. The van der Waals surface area contributed by atoms with Gasteiger partial charge in [0.05, 0.1) is 25.4 Å². The van der Waals surface area contributed by atoms with Crippen LogP contribution >= 0.6 is 0 Å². The maximum Gasteiger partial charge on any atom is 0.413 e. The van der Waals surface area contributed by atoms with E-state index in [1.54, 1.807) is 0 Å². The van der Waals surface area contributed by atoms with Crippen molar-refractivity contribution in [1.82, 2.24) is 0 Å². The first-order chi connectivity index (χ1) is 13.7. The van der Waals surface area contributed by atoms with Gasteiger partial charge in [0.1, 0.15) is 0 Å². The van der Waals surface area contributed by atoms with E-state index in [0.29, 0.717) is 48.7 Å². The lowest BCUT2D eigenvalue weighted by molar-refractivity contribution is -0.523. The van der Waals surface area contributed by atoms with Crippen LogP contribution in [0.25, 0.3) is 0 Å². The Morgan fingerprint density at radius 1 is 0.690 bits per heavy atom. The minimum absolute atomic E-state index is 0.107. The van der Waals surface area contributed by atoms with Crippen molar-refractivity contribution in [2.24, 2.45) is 35.5 Å². The fraction of sp³-hybridized carbons (Fsp3) is 1.00. The number of hydrogen-bond donors (Lipinski definition) is 0. The minimum atomic E-state index is -1.38. The van der Waals surface area contributed by atoms with Gasteiger partial charge in [-0.15, -0.1) is 0 Å². The predicted molar refractivity (Wildman–Crippen MR) is 118 cm³/mol. The topological polar surface area (TPSA) is 36.9 Å². The Balaban J connectivity index is 2.26. The maximum absolute atomic E-state index is 6.70. The molecule has 6 atom stereocenters. The summed E-state index contributed by atoms with van der Waals surface area (Å²) in [4.78, 5) is 0. The summed E-state index contributed by atoms with van der Waals surface area (Å²) in [5.74, 6) is 3.50. The summed E-state index contributed by atoms with van der Waals surface area (Å²) in [5.41, 5.74) is 0. The molecule has 2 aliphatic rings. The van der Waals surface area contributed by atoms with Gasteiger partial charge in [-0.25, -0.2) is 0 Å². The molecule has 4 heteroatoms. The largest absolute Gasteiger partial charge is 0.413 e. The summed E-state index contributed by atoms with van der Waals surface area (Å²) in [7, 11) is 0. The first kappa shape index (κ1) is 25.1. The average molecular weight is 413 g/mol. The molecule has 0 saturated heterocycles. The van der Waals surface area contributed by atoms with Crippen LogP contribution in [0.1, 0.15) is 93.9 Å². The zero-order valence-corrected chi connectivity index (χ0v) is 20.4. The molecule has 0 amide bonds. The van der Waals surface area contributed by atoms with Gasteiger partial charge in [-0.3, -0.25) is 9.47 Å². The molecule has 0 radical (unpaired) electrons. The van der Waals surface area contributed by atoms with Crippen molar-refractivity contribution in [2.75, 3.05) is 13.2 Å². The minimum Gasteiger partial charge on any atom is -0.304 e. The van der Waals surface area contributed by atoms with E-state index in [9.17, 15) is 0 Å². The summed E-state index contributed by atoms with van der Waals surface area (Å²) >= 11 is 0. The summed E-state index contributed by atoms with van der Waals surface area (Å²) in [6.07, 6.45) is 5.87. The molecule has 29 heavy (non-hydrogen) atoms. The van der Waals surface area contributed by atoms with Gasteiger partial charge in [0.25, 0.3) is 0 Å². The molecule has 6 unspecified atom stereocenters. The highest BCUT2D eigenvalue weighted by Gasteiger charge is 2.46. The third-order valence-electron chi connectivity index (χ3n) is 7.16. The van der Waals surface area contributed by atoms with Gasteiger partial charge in [-0.2, -0.15) is 0 Å². The van der Waals surface area contributed by atoms with E-state index < -0.39 is 6.16 Å². The molecule has 0 N–H and O–H groups in total. The van der Waals surface area contributed by atoms with Crippen molar-refractivity contribution in [1.29, 1.82) is 0 Å². The Hall–Kier alpha value is -0.160. The van der Waals surface area contributed by atoms with Crippen LogP contribution in [0.15, 0.2) is 0 Å². The van der Waals surface area contributed by atoms with Gasteiger partial charge in [0, 0.05) is 0 Å². The van der Waals surface area contributed by atoms with Crippen LogP contribution < -0.4 is 0 Å². The number of rotatable bonds is 10. The summed E-state index contributed by atoms with van der Waals surface area (Å²) < 4.78 is 25.7. The first-order valence-corrected chi connectivity index (χ1v) is 12.3. The quantitative estimate of drug-likeness (QED) is 0.378. The summed E-state index contributed by atoms with van der Waals surface area (Å²) in [5, 5.41) is 0. The molecule has 2 saturated carbocycles. The predicted octanol–water partition coefficient (Wildman–Crippen LogP) is 6.63. The van der Waals surface area contributed by atoms with Crippen LogP contribution in [0, 0.1) is 35.5 Å². The van der Waals surface area contributed by atoms with E-state index in [4.69, 9.17) is 18.9 Å². The molecule has 4 nitrogen and oxygen atoms in total. The van der Waals surface area contributed by atoms with Gasteiger partial charge in [-0.05, 0) is 75.0 Å². The molecule has 2 rings (SSSR count). The van der Waals surface area contributed by atoms with Crippen LogP contribution in [-0.2, 0) is 18.9 Å². The average Bonchev–Trinajstić information content (AvgIpc) is 2.61. The maximum atomic E-state index is 6.70. The molecule has 0 spiro atoms. The highest BCUT2D eigenvalue weighted by atomic mass is 17.0. The zero-order chi connectivity index (χ0) is 21.6. The van der Waals surface area contributed by atoms with Crippen molar-refractivity contribution in [2.45, 2.75) is 112 Å². The molecule has 0 aliphatic heterocycles. The molecule has 0 aromatic heterocycles. The molecule has 0 heterocycles. The summed E-state index contributed by atoms with van der Waals surface area (Å²) in [6, 6.07) is 0. The molecular formula is C25H48O4. The van der Waals surface area contributed by atoms with Gasteiger partial charge in [0.2, 0.25) is 0 Å². The van der Waals surface area contributed by atoms with E-state index >= 15 is 0 Å². The van der Waals surface area contributed by atoms with Crippen molar-refractivity contribution >= 4 is 0 Å². The standard InChI is InChI=1S/C25H48O4/c1-9-26-25(27-10-2,28-23-15-19(7)11-13-21(23)17(3)4)29-24-16-20(8)12-14-22(24)18(5)6/h17-24H,9-16H2,1-8H3. The van der Waals surface area contributed by atoms with Crippen LogP contribution in [0.5, 0.6) is 0 Å². The van der Waals surface area contributed by atoms with Gasteiger partial charge in [0.15, 0.2) is 0 Å². The highest BCUT2D eigenvalue weighted by Crippen LogP contribution is 2.41. The van der Waals surface area contributed by atoms with Gasteiger partial charge in [-0.1, -0.05) is 54.4 Å². The number of hydrogen-bond acceptors (Lipinski definition) is 4. The molecular weight excluding hydrogens is 364 g/mol. The van der Waals surface area contributed by atoms with Crippen LogP contribution in [-0.4, -0.2) is 31.6 Å². The normalized spacial score (nSPS) is 34.1. The Labute approximate surface area is 180 Å². The van der Waals surface area contributed by atoms with Crippen molar-refractivity contribution in [3.05, 3.63) is 0 Å². The van der Waals surface area contributed by atoms with E-state index in [2.05, 4.69) is 41.5 Å². The second kappa shape index (κ2) is 11.5. The van der Waals surface area contributed by atoms with E-state index in [0.717, 1.165) is 12.8 Å². The molecule has 2 aliphatic carbocycles. The van der Waals surface area contributed by atoms with E-state index in [1.165, 1.54) is 25.7 Å². The van der Waals surface area contributed by atoms with E-state index in [1.807, 2.05) is 13.8 Å². The molecule has 172 valence electrons. The fourth-order valence-electron chi connectivity index (χ4n) is 5.43. The fourth-order valence-corrected chi connectivity index (χ4v) is 5.43. The Morgan fingerprint density at radius 2 is 1.07 bits per heavy atom. The van der Waals surface area contributed by atoms with Gasteiger partial charge < -0.3 is 9.47 Å². The zero-order valence-electron chi connectivity index (χ0n) is 20.4. The van der Waals surface area contributed by atoms with Crippen LogP contribution in [0.4, 0.5) is 0 Å². The molecule has 2 fully saturated rings. The van der Waals surface area contributed by atoms with Gasteiger partial charge >= 0.3 is 6.16 Å². The lowest BCUT2D eigenvalue weighted by Gasteiger charge is -2.45. The Morgan fingerprint density at radius 3 is 1.38 bits per heavy atom. The second-order valence-electron chi connectivity index (χ2n) is 10.3. The third kappa shape index (κ3) is 6.92. The second-order valence-corrected chi connectivity index (χ2v) is 10.3. The first-order valence-electron chi connectivity index (χ1n) is 12.3. The van der Waals surface area contributed by atoms with E-state index in [-0.39, 0.29) is 12.2 Å². The van der Waals surface area contributed by atoms with Crippen molar-refractivity contribution in [3.63, 3.8) is 0 Å². The lowest BCUT2D eigenvalue weighted by Crippen LogP contribution is -2.52. The molecule has 0 aromatic rings. The Kier molecular flexibility index (Phi) is 9.92. The van der Waals surface area contributed by atoms with Crippen LogP contribution in [0.3, 0.4) is 0 Å². The monoisotopic (exact) mass is 412 g/mol. The molecule has 0 aromatic carbocycles.